The third-order valence-electron chi connectivity index (χ3n) is 2.60. The van der Waals surface area contributed by atoms with Gasteiger partial charge in [-0.25, -0.2) is 0 Å². The van der Waals surface area contributed by atoms with Crippen molar-refractivity contribution in [3.8, 4) is 0 Å². The van der Waals surface area contributed by atoms with Crippen LogP contribution >= 0.6 is 6.49 Å². The highest BCUT2D eigenvalue weighted by Gasteiger charge is 2.46. The molecule has 0 aromatic heterocycles. The van der Waals surface area contributed by atoms with Gasteiger partial charge < -0.3 is 9.05 Å². The zero-order valence-electron chi connectivity index (χ0n) is 9.24. The van der Waals surface area contributed by atoms with E-state index in [0.717, 1.165) is 5.30 Å². The molecule has 1 fully saturated rings. The third-order valence-corrected chi connectivity index (χ3v) is 5.74. The largest absolute Gasteiger partial charge is 0.318 e. The molecule has 0 unspecified atom stereocenters. The Kier molecular flexibility index (Phi) is 3.32. The van der Waals surface area contributed by atoms with Crippen LogP contribution in [0.15, 0.2) is 30.3 Å². The average Bonchev–Trinajstić information content (AvgIpc) is 2.34. The maximum atomic E-state index is 10.8. The number of rotatable bonds is 2. The maximum absolute atomic E-state index is 10.8. The van der Waals surface area contributed by atoms with Crippen LogP contribution in [0.4, 0.5) is 0 Å². The van der Waals surface area contributed by atoms with Gasteiger partial charge in [-0.3, -0.25) is 10.1 Å². The van der Waals surface area contributed by atoms with Crippen LogP contribution in [-0.4, -0.2) is 23.7 Å². The molecule has 1 heterocycles. The molecule has 0 spiro atoms. The Hall–Kier alpha value is -0.810. The van der Waals surface area contributed by atoms with Crippen molar-refractivity contribution in [2.45, 2.75) is 12.5 Å². The first-order valence-electron chi connectivity index (χ1n) is 5.06. The van der Waals surface area contributed by atoms with Gasteiger partial charge >= 0.3 is 0 Å². The fraction of sp³-hybridized carbons (Fsp3) is 0.400. The highest BCUT2D eigenvalue weighted by atomic mass is 32.5. The first-order chi connectivity index (χ1) is 7.96. The van der Waals surface area contributed by atoms with Crippen molar-refractivity contribution in [3.63, 3.8) is 0 Å². The molecule has 0 atom stereocenters. The number of nitro groups is 1. The lowest BCUT2D eigenvalue weighted by atomic mass is 10.1. The molecule has 1 saturated heterocycles. The Labute approximate surface area is 104 Å². The first kappa shape index (κ1) is 12.6. The van der Waals surface area contributed by atoms with E-state index in [4.69, 9.17) is 20.9 Å². The van der Waals surface area contributed by atoms with Crippen LogP contribution in [0.5, 0.6) is 0 Å². The summed E-state index contributed by atoms with van der Waals surface area (Å²) < 4.78 is 11.0. The summed E-state index contributed by atoms with van der Waals surface area (Å²) in [6, 6.07) is 9.22. The van der Waals surface area contributed by atoms with Gasteiger partial charge in [-0.05, 0) is 23.9 Å². The predicted molar refractivity (Wildman–Crippen MR) is 67.7 cm³/mol. The smallest absolute Gasteiger partial charge is 0.266 e. The Morgan fingerprint density at radius 2 is 1.88 bits per heavy atom. The summed E-state index contributed by atoms with van der Waals surface area (Å²) in [5.41, 5.74) is -1.20. The minimum atomic E-state index is -2.56. The molecule has 0 radical (unpaired) electrons. The SMILES string of the molecule is CC1([N+](=O)[O-])COP(=S)(c2ccccc2)OC1. The van der Waals surface area contributed by atoms with Crippen LogP contribution < -0.4 is 5.30 Å². The summed E-state index contributed by atoms with van der Waals surface area (Å²) in [5, 5.41) is 11.6. The topological polar surface area (TPSA) is 61.6 Å². The van der Waals surface area contributed by atoms with Crippen molar-refractivity contribution in [2.75, 3.05) is 13.2 Å². The fourth-order valence-corrected chi connectivity index (χ4v) is 3.88. The van der Waals surface area contributed by atoms with Crippen LogP contribution in [0.3, 0.4) is 0 Å². The molecular weight excluding hydrogens is 261 g/mol. The summed E-state index contributed by atoms with van der Waals surface area (Å²) in [7, 11) is 0. The Morgan fingerprint density at radius 3 is 2.35 bits per heavy atom. The zero-order valence-corrected chi connectivity index (χ0v) is 10.9. The van der Waals surface area contributed by atoms with E-state index in [0.29, 0.717) is 0 Å². The molecular formula is C10H12NO4PS. The summed E-state index contributed by atoms with van der Waals surface area (Å²) >= 11 is 5.35. The molecule has 0 bridgehead atoms. The summed E-state index contributed by atoms with van der Waals surface area (Å²) in [4.78, 5) is 10.5. The monoisotopic (exact) mass is 273 g/mol. The van der Waals surface area contributed by atoms with Crippen molar-refractivity contribution >= 4 is 23.6 Å². The standard InChI is InChI=1S/C10H12NO4PS/c1-10(11(12)13)7-14-16(17,15-8-10)9-5-3-2-4-6-9/h2-6H,7-8H2,1H3. The van der Waals surface area contributed by atoms with Crippen LogP contribution in [0.1, 0.15) is 6.92 Å². The van der Waals surface area contributed by atoms with Gasteiger partial charge in [-0.1, -0.05) is 18.2 Å². The molecule has 1 aliphatic rings. The van der Waals surface area contributed by atoms with Gasteiger partial charge in [-0.2, -0.15) is 0 Å². The van der Waals surface area contributed by atoms with E-state index in [1.54, 1.807) is 0 Å². The molecule has 17 heavy (non-hydrogen) atoms. The fourth-order valence-electron chi connectivity index (χ4n) is 1.39. The Bertz CT molecular complexity index is 466. The van der Waals surface area contributed by atoms with Gasteiger partial charge in [-0.15, -0.1) is 0 Å². The predicted octanol–water partition coefficient (Wildman–Crippen LogP) is 1.70. The molecule has 0 N–H and O–H groups in total. The highest BCUT2D eigenvalue weighted by molar-refractivity contribution is 8.13. The Morgan fingerprint density at radius 1 is 1.35 bits per heavy atom. The van der Waals surface area contributed by atoms with Gasteiger partial charge in [0.2, 0.25) is 6.49 Å². The Balaban J connectivity index is 2.19. The maximum Gasteiger partial charge on any atom is 0.266 e. The molecule has 0 saturated carbocycles. The van der Waals surface area contributed by atoms with E-state index in [1.807, 2.05) is 30.3 Å². The van der Waals surface area contributed by atoms with Gasteiger partial charge in [0.05, 0.1) is 0 Å². The highest BCUT2D eigenvalue weighted by Crippen LogP contribution is 2.51. The van der Waals surface area contributed by atoms with E-state index < -0.39 is 12.0 Å². The molecule has 2 rings (SSSR count). The molecule has 0 amide bonds. The minimum Gasteiger partial charge on any atom is -0.318 e. The molecule has 5 nitrogen and oxygen atoms in total. The summed E-state index contributed by atoms with van der Waals surface area (Å²) in [6.07, 6.45) is 0. The van der Waals surface area contributed by atoms with E-state index >= 15 is 0 Å². The number of hydrogen-bond donors (Lipinski definition) is 0. The van der Waals surface area contributed by atoms with E-state index in [1.165, 1.54) is 6.92 Å². The van der Waals surface area contributed by atoms with Crippen molar-refractivity contribution in [2.24, 2.45) is 0 Å². The number of nitrogens with zero attached hydrogens (tertiary/aromatic N) is 1. The molecule has 92 valence electrons. The lowest BCUT2D eigenvalue weighted by molar-refractivity contribution is -0.572. The lowest BCUT2D eigenvalue weighted by Crippen LogP contribution is -2.47. The molecule has 0 aliphatic carbocycles. The van der Waals surface area contributed by atoms with Gasteiger partial charge in [0.25, 0.3) is 5.54 Å². The van der Waals surface area contributed by atoms with Crippen molar-refractivity contribution in [1.29, 1.82) is 0 Å². The van der Waals surface area contributed by atoms with E-state index in [9.17, 15) is 10.1 Å². The first-order valence-corrected chi connectivity index (χ1v) is 7.69. The van der Waals surface area contributed by atoms with E-state index in [2.05, 4.69) is 0 Å². The van der Waals surface area contributed by atoms with E-state index in [-0.39, 0.29) is 18.1 Å². The molecule has 7 heteroatoms. The van der Waals surface area contributed by atoms with Crippen molar-refractivity contribution in [3.05, 3.63) is 40.4 Å². The van der Waals surface area contributed by atoms with Crippen LogP contribution in [-0.2, 0) is 20.9 Å². The molecule has 1 aromatic rings. The van der Waals surface area contributed by atoms with Crippen LogP contribution in [0, 0.1) is 10.1 Å². The normalized spacial score (nSPS) is 33.2. The van der Waals surface area contributed by atoms with Crippen LogP contribution in [0.2, 0.25) is 0 Å². The second kappa shape index (κ2) is 4.46. The average molecular weight is 273 g/mol. The number of benzene rings is 1. The van der Waals surface area contributed by atoms with Crippen molar-refractivity contribution < 1.29 is 14.0 Å². The van der Waals surface area contributed by atoms with Crippen LogP contribution in [0.25, 0.3) is 0 Å². The minimum absolute atomic E-state index is 0.00777. The molecule has 1 aliphatic heterocycles. The summed E-state index contributed by atoms with van der Waals surface area (Å²) in [6.45, 7) is -1.08. The number of hydrogen-bond acceptors (Lipinski definition) is 5. The van der Waals surface area contributed by atoms with Gasteiger partial charge in [0, 0.05) is 17.2 Å². The van der Waals surface area contributed by atoms with Crippen molar-refractivity contribution in [1.82, 2.24) is 0 Å². The quantitative estimate of drug-likeness (QED) is 0.466. The van der Waals surface area contributed by atoms with Gasteiger partial charge in [0.1, 0.15) is 13.2 Å². The zero-order chi connectivity index (χ0) is 12.5. The summed E-state index contributed by atoms with van der Waals surface area (Å²) in [5.74, 6) is 0. The second-order valence-corrected chi connectivity index (χ2v) is 7.60. The second-order valence-electron chi connectivity index (χ2n) is 4.13. The molecule has 1 aromatic carbocycles. The van der Waals surface area contributed by atoms with Gasteiger partial charge in [0.15, 0.2) is 0 Å². The lowest BCUT2D eigenvalue weighted by Gasteiger charge is -2.33. The third kappa shape index (κ3) is 2.40.